The van der Waals surface area contributed by atoms with Crippen molar-refractivity contribution in [2.45, 2.75) is 38.4 Å². The van der Waals surface area contributed by atoms with Crippen molar-refractivity contribution in [2.24, 2.45) is 5.41 Å². The van der Waals surface area contributed by atoms with Crippen LogP contribution in [0.15, 0.2) is 0 Å². The van der Waals surface area contributed by atoms with Gasteiger partial charge in [0.15, 0.2) is 0 Å². The Hall–Kier alpha value is -0.650. The highest BCUT2D eigenvalue weighted by molar-refractivity contribution is 5.77. The Morgan fingerprint density at radius 2 is 2.17 bits per heavy atom. The summed E-state index contributed by atoms with van der Waals surface area (Å²) in [6.45, 7) is 4.91. The zero-order chi connectivity index (χ0) is 13.2. The average molecular weight is 256 g/mol. The molecule has 0 aromatic carbocycles. The Morgan fingerprint density at radius 3 is 2.67 bits per heavy atom. The maximum absolute atomic E-state index is 11.3. The van der Waals surface area contributed by atoms with Crippen LogP contribution in [-0.2, 0) is 9.53 Å². The lowest BCUT2D eigenvalue weighted by atomic mass is 9.58. The van der Waals surface area contributed by atoms with Gasteiger partial charge in [0.1, 0.15) is 0 Å². The topological polar surface area (TPSA) is 61.8 Å². The molecular formula is C13H24N2O3. The predicted molar refractivity (Wildman–Crippen MR) is 68.2 cm³/mol. The molecule has 2 N–H and O–H groups in total. The molecule has 0 radical (unpaired) electrons. The number of amides is 1. The smallest absolute Gasteiger partial charge is 0.233 e. The normalized spacial score (nSPS) is 31.1. The molecule has 1 aliphatic carbocycles. The number of carbonyl (C=O) groups is 1. The molecule has 0 aromatic heterocycles. The molecule has 1 heterocycles. The van der Waals surface area contributed by atoms with Crippen LogP contribution in [0.3, 0.4) is 0 Å². The van der Waals surface area contributed by atoms with Crippen LogP contribution in [0.4, 0.5) is 0 Å². The number of nitrogens with one attached hydrogen (secondary N) is 1. The van der Waals surface area contributed by atoms with E-state index in [1.165, 1.54) is 0 Å². The van der Waals surface area contributed by atoms with Gasteiger partial charge < -0.3 is 15.2 Å². The third kappa shape index (κ3) is 2.39. The fraction of sp³-hybridized carbons (Fsp3) is 0.923. The standard InChI is InChI=1S/C13H24N2O3/c1-3-18-11-8-10(16)13(11)4-6-15(7-5-13)9-12(17)14-2/h10-11,16H,3-9H2,1-2H3,(H,14,17)/t10-,11+/m0/s1. The van der Waals surface area contributed by atoms with Crippen LogP contribution in [0, 0.1) is 5.41 Å². The van der Waals surface area contributed by atoms with Gasteiger partial charge in [0, 0.05) is 25.5 Å². The van der Waals surface area contributed by atoms with Crippen LogP contribution in [0.1, 0.15) is 26.2 Å². The molecule has 0 unspecified atom stereocenters. The van der Waals surface area contributed by atoms with Crippen LogP contribution in [-0.4, -0.2) is 61.4 Å². The molecule has 1 saturated heterocycles. The fourth-order valence-corrected chi connectivity index (χ4v) is 3.23. The summed E-state index contributed by atoms with van der Waals surface area (Å²) in [6.07, 6.45) is 2.60. The second-order valence-corrected chi connectivity index (χ2v) is 5.38. The summed E-state index contributed by atoms with van der Waals surface area (Å²) in [4.78, 5) is 13.5. The minimum atomic E-state index is -0.226. The molecule has 2 aliphatic rings. The van der Waals surface area contributed by atoms with E-state index in [9.17, 15) is 9.90 Å². The van der Waals surface area contributed by atoms with E-state index >= 15 is 0 Å². The number of nitrogens with zero attached hydrogens (tertiary/aromatic N) is 1. The number of likely N-dealkylation sites (N-methyl/N-ethyl adjacent to an activating group) is 1. The summed E-state index contributed by atoms with van der Waals surface area (Å²) < 4.78 is 5.72. The van der Waals surface area contributed by atoms with Crippen LogP contribution in [0.5, 0.6) is 0 Å². The number of aliphatic hydroxyl groups is 1. The monoisotopic (exact) mass is 256 g/mol. The van der Waals surface area contributed by atoms with E-state index in [4.69, 9.17) is 4.74 Å². The van der Waals surface area contributed by atoms with Crippen molar-refractivity contribution in [1.82, 2.24) is 10.2 Å². The highest BCUT2D eigenvalue weighted by Gasteiger charge is 2.55. The number of rotatable bonds is 4. The third-order valence-electron chi connectivity index (χ3n) is 4.54. The maximum atomic E-state index is 11.3. The molecule has 0 bridgehead atoms. The van der Waals surface area contributed by atoms with Gasteiger partial charge in [-0.25, -0.2) is 0 Å². The second kappa shape index (κ2) is 5.55. The van der Waals surface area contributed by atoms with E-state index in [0.717, 1.165) is 32.4 Å². The number of likely N-dealkylation sites (tertiary alicyclic amines) is 1. The number of hydrogen-bond donors (Lipinski definition) is 2. The van der Waals surface area contributed by atoms with Crippen LogP contribution in [0.2, 0.25) is 0 Å². The molecule has 1 spiro atoms. The molecule has 104 valence electrons. The number of ether oxygens (including phenoxy) is 1. The Labute approximate surface area is 108 Å². The quantitative estimate of drug-likeness (QED) is 0.742. The van der Waals surface area contributed by atoms with Crippen molar-refractivity contribution >= 4 is 5.91 Å². The highest BCUT2D eigenvalue weighted by Crippen LogP contribution is 2.50. The van der Waals surface area contributed by atoms with Crippen molar-refractivity contribution in [3.05, 3.63) is 0 Å². The van der Waals surface area contributed by atoms with E-state index in [1.807, 2.05) is 6.92 Å². The van der Waals surface area contributed by atoms with Crippen LogP contribution < -0.4 is 5.32 Å². The Kier molecular flexibility index (Phi) is 4.25. The first-order valence-electron chi connectivity index (χ1n) is 6.85. The average Bonchev–Trinajstić information content (AvgIpc) is 2.39. The molecule has 5 heteroatoms. The van der Waals surface area contributed by atoms with Gasteiger partial charge in [-0.1, -0.05) is 0 Å². The molecule has 5 nitrogen and oxygen atoms in total. The zero-order valence-corrected chi connectivity index (χ0v) is 11.3. The van der Waals surface area contributed by atoms with Crippen molar-refractivity contribution in [3.8, 4) is 0 Å². The zero-order valence-electron chi connectivity index (χ0n) is 11.3. The van der Waals surface area contributed by atoms with E-state index in [1.54, 1.807) is 7.05 Å². The lowest BCUT2D eigenvalue weighted by Gasteiger charge is -2.56. The minimum Gasteiger partial charge on any atom is -0.392 e. The van der Waals surface area contributed by atoms with Gasteiger partial charge >= 0.3 is 0 Å². The molecule has 0 aromatic rings. The minimum absolute atomic E-state index is 0.0464. The van der Waals surface area contributed by atoms with E-state index in [-0.39, 0.29) is 23.5 Å². The summed E-state index contributed by atoms with van der Waals surface area (Å²) in [5.41, 5.74) is -0.0464. The van der Waals surface area contributed by atoms with E-state index < -0.39 is 0 Å². The largest absolute Gasteiger partial charge is 0.392 e. The molecule has 1 aliphatic heterocycles. The van der Waals surface area contributed by atoms with Gasteiger partial charge in [-0.3, -0.25) is 9.69 Å². The molecule has 2 atom stereocenters. The van der Waals surface area contributed by atoms with E-state index in [2.05, 4.69) is 10.2 Å². The second-order valence-electron chi connectivity index (χ2n) is 5.38. The number of hydrogen-bond acceptors (Lipinski definition) is 4. The summed E-state index contributed by atoms with van der Waals surface area (Å²) in [5.74, 6) is 0.0569. The molecule has 2 rings (SSSR count). The lowest BCUT2D eigenvalue weighted by Crippen LogP contribution is -2.62. The molecule has 1 saturated carbocycles. The van der Waals surface area contributed by atoms with Gasteiger partial charge in [0.05, 0.1) is 18.8 Å². The molecule has 18 heavy (non-hydrogen) atoms. The number of aliphatic hydroxyl groups excluding tert-OH is 1. The first-order chi connectivity index (χ1) is 8.62. The van der Waals surface area contributed by atoms with E-state index in [0.29, 0.717) is 13.2 Å². The fourth-order valence-electron chi connectivity index (χ4n) is 3.23. The lowest BCUT2D eigenvalue weighted by molar-refractivity contribution is -0.209. The first-order valence-corrected chi connectivity index (χ1v) is 6.85. The summed E-state index contributed by atoms with van der Waals surface area (Å²) in [5, 5.41) is 12.7. The van der Waals surface area contributed by atoms with Gasteiger partial charge in [-0.2, -0.15) is 0 Å². The van der Waals surface area contributed by atoms with Crippen LogP contribution in [0.25, 0.3) is 0 Å². The Bertz CT molecular complexity index is 299. The summed E-state index contributed by atoms with van der Waals surface area (Å²) in [7, 11) is 1.66. The van der Waals surface area contributed by atoms with Crippen molar-refractivity contribution in [1.29, 1.82) is 0 Å². The maximum Gasteiger partial charge on any atom is 0.233 e. The SMILES string of the molecule is CCO[C@@H]1C[C@H](O)C12CCN(CC(=O)NC)CC2. The molecule has 1 amide bonds. The predicted octanol–water partition coefficient (Wildman–Crippen LogP) is -0.0157. The van der Waals surface area contributed by atoms with Gasteiger partial charge in [0.2, 0.25) is 5.91 Å². The van der Waals surface area contributed by atoms with Crippen molar-refractivity contribution in [3.63, 3.8) is 0 Å². The summed E-state index contributed by atoms with van der Waals surface area (Å²) >= 11 is 0. The third-order valence-corrected chi connectivity index (χ3v) is 4.54. The first kappa shape index (κ1) is 13.8. The van der Waals surface area contributed by atoms with Crippen LogP contribution >= 0.6 is 0 Å². The van der Waals surface area contributed by atoms with Crippen molar-refractivity contribution in [2.75, 3.05) is 33.3 Å². The highest BCUT2D eigenvalue weighted by atomic mass is 16.5. The van der Waals surface area contributed by atoms with Gasteiger partial charge in [0.25, 0.3) is 0 Å². The number of piperidine rings is 1. The van der Waals surface area contributed by atoms with Gasteiger partial charge in [-0.05, 0) is 32.9 Å². The summed E-state index contributed by atoms with van der Waals surface area (Å²) in [6, 6.07) is 0. The Balaban J connectivity index is 1.86. The van der Waals surface area contributed by atoms with Gasteiger partial charge in [-0.15, -0.1) is 0 Å². The molecular weight excluding hydrogens is 232 g/mol. The molecule has 2 fully saturated rings. The van der Waals surface area contributed by atoms with Crippen molar-refractivity contribution < 1.29 is 14.6 Å². The Morgan fingerprint density at radius 1 is 1.50 bits per heavy atom. The number of carbonyl (C=O) groups excluding carboxylic acids is 1.